The number of rotatable bonds is 1. The van der Waals surface area contributed by atoms with Crippen LogP contribution in [-0.2, 0) is 0 Å². The van der Waals surface area contributed by atoms with Gasteiger partial charge in [0.1, 0.15) is 0 Å². The maximum atomic E-state index is 10.8. The highest BCUT2D eigenvalue weighted by Gasteiger charge is 2.03. The van der Waals surface area contributed by atoms with Crippen LogP contribution in [0.1, 0.15) is 28.8 Å². The molecule has 0 spiro atoms. The van der Waals surface area contributed by atoms with Crippen LogP contribution in [0.25, 0.3) is 0 Å². The second-order valence-corrected chi connectivity index (χ2v) is 2.52. The van der Waals surface area contributed by atoms with Gasteiger partial charge in [0.05, 0.1) is 0 Å². The largest absolute Gasteiger partial charge is 0.291 e. The summed E-state index contributed by atoms with van der Waals surface area (Å²) in [7, 11) is 0. The van der Waals surface area contributed by atoms with Gasteiger partial charge in [-0.05, 0) is 19.4 Å². The van der Waals surface area contributed by atoms with Crippen molar-refractivity contribution in [2.75, 3.05) is 0 Å². The Bertz CT molecular complexity index is 294. The highest BCUT2D eigenvalue weighted by atomic mass is 16.1. The Kier molecular flexibility index (Phi) is 1.98. The topological polar surface area (TPSA) is 42.9 Å². The normalized spacial score (nSPS) is 9.73. The highest BCUT2D eigenvalue weighted by Crippen LogP contribution is 2.01. The molecule has 3 heteroatoms. The molecule has 1 rings (SSSR count). The first-order valence-electron chi connectivity index (χ1n) is 3.42. The SMILES string of the molecule is CC(=O)c1ncc(C)c(C)n1. The van der Waals surface area contributed by atoms with Crippen LogP contribution in [0.3, 0.4) is 0 Å². The predicted molar refractivity (Wildman–Crippen MR) is 41.5 cm³/mol. The monoisotopic (exact) mass is 150 g/mol. The number of carbonyl (C=O) groups is 1. The predicted octanol–water partition coefficient (Wildman–Crippen LogP) is 1.30. The van der Waals surface area contributed by atoms with Crippen molar-refractivity contribution in [3.05, 3.63) is 23.3 Å². The van der Waals surface area contributed by atoms with E-state index in [0.717, 1.165) is 11.3 Å². The third kappa shape index (κ3) is 1.61. The Labute approximate surface area is 65.5 Å². The van der Waals surface area contributed by atoms with Gasteiger partial charge in [-0.15, -0.1) is 0 Å². The molecule has 1 aromatic rings. The minimum Gasteiger partial charge on any atom is -0.291 e. The molecule has 0 N–H and O–H groups in total. The van der Waals surface area contributed by atoms with Crippen LogP contribution < -0.4 is 0 Å². The van der Waals surface area contributed by atoms with Gasteiger partial charge in [-0.3, -0.25) is 4.79 Å². The zero-order valence-corrected chi connectivity index (χ0v) is 6.88. The van der Waals surface area contributed by atoms with Crippen LogP contribution in [0.2, 0.25) is 0 Å². The summed E-state index contributed by atoms with van der Waals surface area (Å²) >= 11 is 0. The number of aromatic nitrogens is 2. The Morgan fingerprint density at radius 1 is 1.45 bits per heavy atom. The lowest BCUT2D eigenvalue weighted by atomic mass is 10.2. The smallest absolute Gasteiger partial charge is 0.196 e. The minimum absolute atomic E-state index is 0.0897. The summed E-state index contributed by atoms with van der Waals surface area (Å²) in [4.78, 5) is 18.7. The zero-order chi connectivity index (χ0) is 8.43. The summed E-state index contributed by atoms with van der Waals surface area (Å²) in [6.45, 7) is 5.24. The average molecular weight is 150 g/mol. The quantitative estimate of drug-likeness (QED) is 0.566. The molecule has 0 atom stereocenters. The van der Waals surface area contributed by atoms with E-state index in [1.165, 1.54) is 6.92 Å². The van der Waals surface area contributed by atoms with E-state index in [1.54, 1.807) is 6.20 Å². The summed E-state index contributed by atoms with van der Waals surface area (Å²) in [5.74, 6) is 0.209. The summed E-state index contributed by atoms with van der Waals surface area (Å²) in [5.41, 5.74) is 1.88. The van der Waals surface area contributed by atoms with Crippen molar-refractivity contribution in [2.24, 2.45) is 0 Å². The number of carbonyl (C=O) groups excluding carboxylic acids is 1. The number of nitrogens with zero attached hydrogens (tertiary/aromatic N) is 2. The van der Waals surface area contributed by atoms with E-state index in [9.17, 15) is 4.79 Å². The van der Waals surface area contributed by atoms with E-state index < -0.39 is 0 Å². The van der Waals surface area contributed by atoms with Crippen LogP contribution in [0.5, 0.6) is 0 Å². The molecule has 58 valence electrons. The van der Waals surface area contributed by atoms with Crippen LogP contribution in [-0.4, -0.2) is 15.8 Å². The molecule has 1 aromatic heterocycles. The molecular weight excluding hydrogens is 140 g/mol. The molecule has 0 aliphatic carbocycles. The molecule has 0 radical (unpaired) electrons. The Morgan fingerprint density at radius 3 is 2.55 bits per heavy atom. The number of aryl methyl sites for hydroxylation is 2. The van der Waals surface area contributed by atoms with Gasteiger partial charge in [-0.25, -0.2) is 9.97 Å². The molecule has 0 unspecified atom stereocenters. The van der Waals surface area contributed by atoms with Crippen molar-refractivity contribution in [3.63, 3.8) is 0 Å². The average Bonchev–Trinajstić information content (AvgIpc) is 1.94. The molecule has 0 fully saturated rings. The third-order valence-corrected chi connectivity index (χ3v) is 1.54. The summed E-state index contributed by atoms with van der Waals surface area (Å²) in [5, 5.41) is 0. The van der Waals surface area contributed by atoms with Gasteiger partial charge in [-0.1, -0.05) is 0 Å². The van der Waals surface area contributed by atoms with E-state index in [4.69, 9.17) is 0 Å². The molecule has 0 amide bonds. The van der Waals surface area contributed by atoms with E-state index in [2.05, 4.69) is 9.97 Å². The Balaban J connectivity index is 3.15. The van der Waals surface area contributed by atoms with Crippen molar-refractivity contribution in [3.8, 4) is 0 Å². The second-order valence-electron chi connectivity index (χ2n) is 2.52. The van der Waals surface area contributed by atoms with E-state index >= 15 is 0 Å². The first-order chi connectivity index (χ1) is 5.11. The first kappa shape index (κ1) is 7.85. The molecule has 0 aliphatic rings. The number of ketones is 1. The third-order valence-electron chi connectivity index (χ3n) is 1.54. The maximum absolute atomic E-state index is 10.8. The molecule has 0 bridgehead atoms. The zero-order valence-electron chi connectivity index (χ0n) is 6.88. The van der Waals surface area contributed by atoms with Gasteiger partial charge < -0.3 is 0 Å². The van der Waals surface area contributed by atoms with Crippen molar-refractivity contribution < 1.29 is 4.79 Å². The fourth-order valence-corrected chi connectivity index (χ4v) is 0.697. The fraction of sp³-hybridized carbons (Fsp3) is 0.375. The van der Waals surface area contributed by atoms with E-state index in [1.807, 2.05) is 13.8 Å². The lowest BCUT2D eigenvalue weighted by molar-refractivity contribution is 0.100. The lowest BCUT2D eigenvalue weighted by Crippen LogP contribution is -2.02. The van der Waals surface area contributed by atoms with Gasteiger partial charge in [0.15, 0.2) is 11.6 Å². The van der Waals surface area contributed by atoms with Crippen LogP contribution in [0, 0.1) is 13.8 Å². The van der Waals surface area contributed by atoms with Gasteiger partial charge in [-0.2, -0.15) is 0 Å². The number of hydrogen-bond donors (Lipinski definition) is 0. The second kappa shape index (κ2) is 2.78. The van der Waals surface area contributed by atoms with Gasteiger partial charge in [0, 0.05) is 18.8 Å². The van der Waals surface area contributed by atoms with E-state index in [-0.39, 0.29) is 5.78 Å². The minimum atomic E-state index is -0.0897. The number of Topliss-reactive ketones (excluding diaryl/α,β-unsaturated/α-hetero) is 1. The lowest BCUT2D eigenvalue weighted by Gasteiger charge is -1.98. The van der Waals surface area contributed by atoms with Gasteiger partial charge in [0.2, 0.25) is 0 Å². The Morgan fingerprint density at radius 2 is 2.09 bits per heavy atom. The van der Waals surface area contributed by atoms with Crippen molar-refractivity contribution in [1.29, 1.82) is 0 Å². The molecule has 0 saturated heterocycles. The van der Waals surface area contributed by atoms with E-state index in [0.29, 0.717) is 5.82 Å². The van der Waals surface area contributed by atoms with Crippen molar-refractivity contribution in [2.45, 2.75) is 20.8 Å². The Hall–Kier alpha value is -1.25. The van der Waals surface area contributed by atoms with Crippen LogP contribution in [0.4, 0.5) is 0 Å². The summed E-state index contributed by atoms with van der Waals surface area (Å²) in [6, 6.07) is 0. The van der Waals surface area contributed by atoms with Gasteiger partial charge in [0.25, 0.3) is 0 Å². The first-order valence-corrected chi connectivity index (χ1v) is 3.42. The fourth-order valence-electron chi connectivity index (χ4n) is 0.697. The summed E-state index contributed by atoms with van der Waals surface area (Å²) in [6.07, 6.45) is 1.67. The molecule has 3 nitrogen and oxygen atoms in total. The molecule has 0 aromatic carbocycles. The summed E-state index contributed by atoms with van der Waals surface area (Å²) < 4.78 is 0. The van der Waals surface area contributed by atoms with Crippen LogP contribution in [0.15, 0.2) is 6.20 Å². The van der Waals surface area contributed by atoms with Crippen molar-refractivity contribution >= 4 is 5.78 Å². The highest BCUT2D eigenvalue weighted by molar-refractivity contribution is 5.90. The molecule has 0 aliphatic heterocycles. The standard InChI is InChI=1S/C8H10N2O/c1-5-4-9-8(7(3)11)10-6(5)2/h4H,1-3H3. The molecule has 1 heterocycles. The maximum Gasteiger partial charge on any atom is 0.196 e. The van der Waals surface area contributed by atoms with Gasteiger partial charge >= 0.3 is 0 Å². The molecular formula is C8H10N2O. The van der Waals surface area contributed by atoms with Crippen LogP contribution >= 0.6 is 0 Å². The molecule has 11 heavy (non-hydrogen) atoms. The number of hydrogen-bond acceptors (Lipinski definition) is 3. The molecule has 0 saturated carbocycles. The van der Waals surface area contributed by atoms with Crippen molar-refractivity contribution in [1.82, 2.24) is 9.97 Å².